The van der Waals surface area contributed by atoms with Crippen molar-refractivity contribution >= 4 is 23.5 Å². The first-order chi connectivity index (χ1) is 13.5. The molecule has 0 saturated carbocycles. The van der Waals surface area contributed by atoms with Crippen LogP contribution in [0.4, 0.5) is 14.7 Å². The van der Waals surface area contributed by atoms with Crippen LogP contribution in [-0.2, 0) is 0 Å². The molecule has 1 amide bonds. The van der Waals surface area contributed by atoms with Crippen LogP contribution in [0.3, 0.4) is 0 Å². The lowest BCUT2D eigenvalue weighted by molar-refractivity contribution is 0.0745. The number of hydrogen-bond donors (Lipinski definition) is 0. The smallest absolute Gasteiger partial charge is 0.254 e. The maximum atomic E-state index is 13.4. The minimum absolute atomic E-state index is 0.146. The molecule has 5 nitrogen and oxygen atoms in total. The van der Waals surface area contributed by atoms with Gasteiger partial charge in [-0.05, 0) is 36.4 Å². The van der Waals surface area contributed by atoms with Gasteiger partial charge in [0.05, 0.1) is 0 Å². The van der Waals surface area contributed by atoms with E-state index in [1.165, 1.54) is 6.07 Å². The number of piperazine rings is 1. The number of aromatic nitrogens is 2. The summed E-state index contributed by atoms with van der Waals surface area (Å²) in [6, 6.07) is 10.7. The summed E-state index contributed by atoms with van der Waals surface area (Å²) in [5, 5.41) is 0.638. The fourth-order valence-corrected chi connectivity index (χ4v) is 3.46. The number of carbonyl (C=O) groups is 1. The summed E-state index contributed by atoms with van der Waals surface area (Å²) in [6.07, 6.45) is 3.58. The van der Waals surface area contributed by atoms with Crippen LogP contribution < -0.4 is 4.90 Å². The molecule has 1 aliphatic rings. The fraction of sp³-hybridized carbons (Fsp3) is 0.200. The standard InChI is InChI=1S/C20H17ClF2N4O/c21-15-2-1-3-16(13-15)27-7-6-24-20(27)26-10-8-25(9-11-26)19(28)14-4-5-17(22)18(23)12-14/h1-7,12-13H,8-11H2. The molecular weight excluding hydrogens is 386 g/mol. The Balaban J connectivity index is 1.47. The summed E-state index contributed by atoms with van der Waals surface area (Å²) in [7, 11) is 0. The highest BCUT2D eigenvalue weighted by molar-refractivity contribution is 6.30. The molecule has 28 heavy (non-hydrogen) atoms. The van der Waals surface area contributed by atoms with E-state index in [0.717, 1.165) is 23.8 Å². The van der Waals surface area contributed by atoms with Gasteiger partial charge >= 0.3 is 0 Å². The van der Waals surface area contributed by atoms with E-state index in [1.807, 2.05) is 35.0 Å². The topological polar surface area (TPSA) is 41.4 Å². The summed E-state index contributed by atoms with van der Waals surface area (Å²) in [6.45, 7) is 2.07. The highest BCUT2D eigenvalue weighted by Gasteiger charge is 2.25. The Morgan fingerprint density at radius 1 is 1.00 bits per heavy atom. The minimum Gasteiger partial charge on any atom is -0.338 e. The Kier molecular flexibility index (Phi) is 5.00. The molecule has 2 heterocycles. The fourth-order valence-electron chi connectivity index (χ4n) is 3.28. The molecule has 1 fully saturated rings. The molecule has 0 N–H and O–H groups in total. The van der Waals surface area contributed by atoms with Gasteiger partial charge < -0.3 is 9.80 Å². The average Bonchev–Trinajstić information content (AvgIpc) is 3.19. The van der Waals surface area contributed by atoms with E-state index in [-0.39, 0.29) is 11.5 Å². The van der Waals surface area contributed by atoms with Crippen molar-refractivity contribution in [2.75, 3.05) is 31.1 Å². The van der Waals surface area contributed by atoms with Crippen LogP contribution in [0.2, 0.25) is 5.02 Å². The zero-order chi connectivity index (χ0) is 19.7. The summed E-state index contributed by atoms with van der Waals surface area (Å²) in [4.78, 5) is 20.7. The van der Waals surface area contributed by atoms with Crippen LogP contribution in [-0.4, -0.2) is 46.5 Å². The summed E-state index contributed by atoms with van der Waals surface area (Å²) in [5.41, 5.74) is 1.05. The monoisotopic (exact) mass is 402 g/mol. The molecule has 1 saturated heterocycles. The van der Waals surface area contributed by atoms with Gasteiger partial charge in [-0.15, -0.1) is 0 Å². The summed E-state index contributed by atoms with van der Waals surface area (Å²) < 4.78 is 28.4. The lowest BCUT2D eigenvalue weighted by Gasteiger charge is -2.35. The second kappa shape index (κ2) is 7.59. The molecule has 4 rings (SSSR count). The number of hydrogen-bond acceptors (Lipinski definition) is 3. The molecule has 0 bridgehead atoms. The maximum Gasteiger partial charge on any atom is 0.254 e. The van der Waals surface area contributed by atoms with Crippen molar-refractivity contribution in [3.8, 4) is 5.69 Å². The van der Waals surface area contributed by atoms with Crippen molar-refractivity contribution < 1.29 is 13.6 Å². The lowest BCUT2D eigenvalue weighted by Crippen LogP contribution is -2.49. The number of imidazole rings is 1. The van der Waals surface area contributed by atoms with Crippen molar-refractivity contribution in [1.82, 2.24) is 14.5 Å². The molecule has 0 spiro atoms. The van der Waals surface area contributed by atoms with Crippen LogP contribution in [0.15, 0.2) is 54.9 Å². The van der Waals surface area contributed by atoms with E-state index in [2.05, 4.69) is 9.88 Å². The summed E-state index contributed by atoms with van der Waals surface area (Å²) >= 11 is 6.09. The molecule has 8 heteroatoms. The Labute approximate surface area is 165 Å². The second-order valence-corrected chi connectivity index (χ2v) is 6.92. The predicted octanol–water partition coefficient (Wildman–Crippen LogP) is 3.77. The Hall–Kier alpha value is -2.93. The van der Waals surface area contributed by atoms with Gasteiger partial charge in [-0.1, -0.05) is 17.7 Å². The van der Waals surface area contributed by atoms with E-state index in [9.17, 15) is 13.6 Å². The van der Waals surface area contributed by atoms with Crippen molar-refractivity contribution in [3.05, 3.63) is 77.1 Å². The number of benzene rings is 2. The normalized spacial score (nSPS) is 14.4. The maximum absolute atomic E-state index is 13.4. The molecule has 0 aliphatic carbocycles. The first kappa shape index (κ1) is 18.4. The largest absolute Gasteiger partial charge is 0.338 e. The van der Waals surface area contributed by atoms with E-state index in [4.69, 9.17) is 11.6 Å². The highest BCUT2D eigenvalue weighted by atomic mass is 35.5. The van der Waals surface area contributed by atoms with Crippen LogP contribution in [0, 0.1) is 11.6 Å². The van der Waals surface area contributed by atoms with Gasteiger partial charge in [0, 0.05) is 54.8 Å². The Morgan fingerprint density at radius 3 is 2.50 bits per heavy atom. The molecule has 0 unspecified atom stereocenters. The zero-order valence-electron chi connectivity index (χ0n) is 14.9. The highest BCUT2D eigenvalue weighted by Crippen LogP contribution is 2.22. The van der Waals surface area contributed by atoms with Crippen molar-refractivity contribution in [2.24, 2.45) is 0 Å². The van der Waals surface area contributed by atoms with E-state index in [1.54, 1.807) is 11.1 Å². The molecule has 0 atom stereocenters. The molecule has 3 aromatic rings. The number of nitrogens with zero attached hydrogens (tertiary/aromatic N) is 4. The van der Waals surface area contributed by atoms with Crippen LogP contribution in [0.25, 0.3) is 5.69 Å². The number of amides is 1. The third-order valence-electron chi connectivity index (χ3n) is 4.72. The molecule has 1 aliphatic heterocycles. The van der Waals surface area contributed by atoms with Crippen molar-refractivity contribution in [1.29, 1.82) is 0 Å². The first-order valence-corrected chi connectivity index (χ1v) is 9.19. The van der Waals surface area contributed by atoms with E-state index < -0.39 is 11.6 Å². The number of anilines is 1. The molecule has 1 aromatic heterocycles. The number of rotatable bonds is 3. The van der Waals surface area contributed by atoms with Crippen LogP contribution in [0.5, 0.6) is 0 Å². The third kappa shape index (κ3) is 3.57. The quantitative estimate of drug-likeness (QED) is 0.669. The molecule has 0 radical (unpaired) electrons. The van der Waals surface area contributed by atoms with Gasteiger partial charge in [-0.3, -0.25) is 9.36 Å². The van der Waals surface area contributed by atoms with Crippen molar-refractivity contribution in [2.45, 2.75) is 0 Å². The SMILES string of the molecule is O=C(c1ccc(F)c(F)c1)N1CCN(c2nccn2-c2cccc(Cl)c2)CC1. The van der Waals surface area contributed by atoms with Gasteiger partial charge in [-0.2, -0.15) is 0 Å². The van der Waals surface area contributed by atoms with Gasteiger partial charge in [0.15, 0.2) is 11.6 Å². The number of halogens is 3. The van der Waals surface area contributed by atoms with Crippen LogP contribution >= 0.6 is 11.6 Å². The second-order valence-electron chi connectivity index (χ2n) is 6.49. The predicted molar refractivity (Wildman–Crippen MR) is 103 cm³/mol. The molecule has 2 aromatic carbocycles. The van der Waals surface area contributed by atoms with Gasteiger partial charge in [0.25, 0.3) is 5.91 Å². The molecule has 144 valence electrons. The Morgan fingerprint density at radius 2 is 1.79 bits per heavy atom. The summed E-state index contributed by atoms with van der Waals surface area (Å²) in [5.74, 6) is -1.53. The zero-order valence-corrected chi connectivity index (χ0v) is 15.6. The van der Waals surface area contributed by atoms with Gasteiger partial charge in [0.1, 0.15) is 0 Å². The first-order valence-electron chi connectivity index (χ1n) is 8.81. The van der Waals surface area contributed by atoms with E-state index >= 15 is 0 Å². The third-order valence-corrected chi connectivity index (χ3v) is 4.96. The van der Waals surface area contributed by atoms with Gasteiger partial charge in [0.2, 0.25) is 5.95 Å². The van der Waals surface area contributed by atoms with E-state index in [0.29, 0.717) is 31.2 Å². The Bertz CT molecular complexity index is 1010. The minimum atomic E-state index is -1.02. The molecular formula is C20H17ClF2N4O. The lowest BCUT2D eigenvalue weighted by atomic mass is 10.1. The average molecular weight is 403 g/mol. The van der Waals surface area contributed by atoms with Gasteiger partial charge in [-0.25, -0.2) is 13.8 Å². The number of carbonyl (C=O) groups excluding carboxylic acids is 1. The van der Waals surface area contributed by atoms with Crippen molar-refractivity contribution in [3.63, 3.8) is 0 Å². The van der Waals surface area contributed by atoms with Crippen LogP contribution in [0.1, 0.15) is 10.4 Å².